The Morgan fingerprint density at radius 2 is 2.37 bits per heavy atom. The van der Waals surface area contributed by atoms with Crippen LogP contribution in [0.3, 0.4) is 0 Å². The fourth-order valence-electron chi connectivity index (χ4n) is 1.95. The van der Waals surface area contributed by atoms with Gasteiger partial charge in [0.05, 0.1) is 6.54 Å². The van der Waals surface area contributed by atoms with E-state index in [0.29, 0.717) is 18.3 Å². The van der Waals surface area contributed by atoms with Crippen LogP contribution < -0.4 is 10.2 Å². The first-order chi connectivity index (χ1) is 9.13. The summed E-state index contributed by atoms with van der Waals surface area (Å²) in [6.07, 6.45) is 4.19. The van der Waals surface area contributed by atoms with Gasteiger partial charge in [0.2, 0.25) is 0 Å². The first kappa shape index (κ1) is 12.7. The van der Waals surface area contributed by atoms with Gasteiger partial charge in [0.1, 0.15) is 5.69 Å². The maximum Gasteiger partial charge on any atom is 0.304 e. The molecule has 3 rings (SSSR count). The first-order valence-electron chi connectivity index (χ1n) is 5.96. The number of H-pyrrole nitrogens is 1. The molecule has 0 atom stereocenters. The zero-order valence-corrected chi connectivity index (χ0v) is 12.4. The Labute approximate surface area is 121 Å². The van der Waals surface area contributed by atoms with E-state index in [9.17, 15) is 9.59 Å². The number of nitrogens with zero attached hydrogens (tertiary/aromatic N) is 1. The van der Waals surface area contributed by atoms with Gasteiger partial charge in [-0.15, -0.1) is 0 Å². The van der Waals surface area contributed by atoms with E-state index in [1.165, 1.54) is 0 Å². The monoisotopic (exact) mass is 341 g/mol. The maximum absolute atomic E-state index is 12.1. The Hall–Kier alpha value is -1.34. The quantitative estimate of drug-likeness (QED) is 0.895. The summed E-state index contributed by atoms with van der Waals surface area (Å²) in [5, 5.41) is 4.54. The standard InChI is InChI=1S/C12H12BrN3O2S/c13-7-3-10(16(5-7)9-1-2-9)11(17)14-4-8-6-19-12(18)15-8/h3,5-6,9H,1-2,4H2,(H,14,17)(H,15,18). The average Bonchev–Trinajstić information content (AvgIpc) is 3.03. The molecule has 2 aromatic rings. The summed E-state index contributed by atoms with van der Waals surface area (Å²) in [6.45, 7) is 0.338. The van der Waals surface area contributed by atoms with E-state index in [2.05, 4.69) is 26.2 Å². The van der Waals surface area contributed by atoms with Crippen molar-refractivity contribution < 1.29 is 4.79 Å². The summed E-state index contributed by atoms with van der Waals surface area (Å²) in [4.78, 5) is 25.7. The molecule has 0 bridgehead atoms. The lowest BCUT2D eigenvalue weighted by Gasteiger charge is -2.07. The molecule has 1 fully saturated rings. The molecule has 1 aliphatic rings. The van der Waals surface area contributed by atoms with Gasteiger partial charge < -0.3 is 14.9 Å². The van der Waals surface area contributed by atoms with Crippen molar-refractivity contribution in [3.63, 3.8) is 0 Å². The number of aromatic nitrogens is 2. The smallest absolute Gasteiger partial charge is 0.304 e. The molecule has 2 heterocycles. The molecule has 2 aromatic heterocycles. The largest absolute Gasteiger partial charge is 0.345 e. The Bertz CT molecular complexity index is 669. The topological polar surface area (TPSA) is 66.9 Å². The number of aromatic amines is 1. The average molecular weight is 342 g/mol. The van der Waals surface area contributed by atoms with Crippen molar-refractivity contribution in [3.8, 4) is 0 Å². The SMILES string of the molecule is O=C(NCc1csc(=O)[nH]1)c1cc(Br)cn1C1CC1. The zero-order chi connectivity index (χ0) is 13.4. The fourth-order valence-corrected chi connectivity index (χ4v) is 2.97. The first-order valence-corrected chi connectivity index (χ1v) is 7.63. The minimum absolute atomic E-state index is 0.103. The summed E-state index contributed by atoms with van der Waals surface area (Å²) >= 11 is 4.50. The minimum atomic E-state index is -0.121. The van der Waals surface area contributed by atoms with Crippen LogP contribution in [0, 0.1) is 0 Å². The number of hydrogen-bond donors (Lipinski definition) is 2. The minimum Gasteiger partial charge on any atom is -0.345 e. The number of hydrogen-bond acceptors (Lipinski definition) is 3. The third-order valence-corrected chi connectivity index (χ3v) is 4.15. The number of amides is 1. The van der Waals surface area contributed by atoms with Crippen LogP contribution >= 0.6 is 27.3 Å². The molecule has 0 unspecified atom stereocenters. The Balaban J connectivity index is 1.71. The maximum atomic E-state index is 12.1. The normalized spacial score (nSPS) is 14.6. The van der Waals surface area contributed by atoms with Gasteiger partial charge >= 0.3 is 4.87 Å². The molecule has 0 spiro atoms. The van der Waals surface area contributed by atoms with Crippen LogP contribution in [-0.4, -0.2) is 15.5 Å². The van der Waals surface area contributed by atoms with Gasteiger partial charge in [-0.2, -0.15) is 0 Å². The second kappa shape index (κ2) is 4.97. The summed E-state index contributed by atoms with van der Waals surface area (Å²) < 4.78 is 2.92. The number of rotatable bonds is 4. The summed E-state index contributed by atoms with van der Waals surface area (Å²) in [7, 11) is 0. The van der Waals surface area contributed by atoms with Crippen LogP contribution in [0.15, 0.2) is 26.9 Å². The van der Waals surface area contributed by atoms with Crippen LogP contribution in [0.25, 0.3) is 0 Å². The van der Waals surface area contributed by atoms with Crippen molar-refractivity contribution in [1.82, 2.24) is 14.9 Å². The summed E-state index contributed by atoms with van der Waals surface area (Å²) in [5.41, 5.74) is 1.39. The van der Waals surface area contributed by atoms with Crippen molar-refractivity contribution in [3.05, 3.63) is 43.2 Å². The van der Waals surface area contributed by atoms with Gasteiger partial charge in [0.25, 0.3) is 5.91 Å². The molecule has 1 amide bonds. The van der Waals surface area contributed by atoms with Gasteiger partial charge in [-0.3, -0.25) is 9.59 Å². The van der Waals surface area contributed by atoms with Crippen LogP contribution in [0.4, 0.5) is 0 Å². The van der Waals surface area contributed by atoms with E-state index in [-0.39, 0.29) is 10.8 Å². The molecule has 0 radical (unpaired) electrons. The van der Waals surface area contributed by atoms with Crippen molar-refractivity contribution in [2.45, 2.75) is 25.4 Å². The highest BCUT2D eigenvalue weighted by molar-refractivity contribution is 9.10. The molecule has 0 saturated heterocycles. The van der Waals surface area contributed by atoms with Crippen molar-refractivity contribution in [1.29, 1.82) is 0 Å². The molecule has 7 heteroatoms. The predicted molar refractivity (Wildman–Crippen MR) is 76.5 cm³/mol. The number of carbonyl (C=O) groups excluding carboxylic acids is 1. The summed E-state index contributed by atoms with van der Waals surface area (Å²) in [6, 6.07) is 2.28. The van der Waals surface area contributed by atoms with Gasteiger partial charge in [0.15, 0.2) is 0 Å². The molecular formula is C12H12BrN3O2S. The number of nitrogens with one attached hydrogen (secondary N) is 2. The van der Waals surface area contributed by atoms with Gasteiger partial charge in [0, 0.05) is 27.8 Å². The Morgan fingerprint density at radius 3 is 3.00 bits per heavy atom. The van der Waals surface area contributed by atoms with E-state index in [1.54, 1.807) is 5.38 Å². The van der Waals surface area contributed by atoms with E-state index in [4.69, 9.17) is 0 Å². The predicted octanol–water partition coefficient (Wildman–Crippen LogP) is 2.27. The highest BCUT2D eigenvalue weighted by atomic mass is 79.9. The molecule has 1 saturated carbocycles. The van der Waals surface area contributed by atoms with Crippen LogP contribution in [0.2, 0.25) is 0 Å². The van der Waals surface area contributed by atoms with Crippen LogP contribution in [-0.2, 0) is 6.54 Å². The molecule has 2 N–H and O–H groups in total. The highest BCUT2D eigenvalue weighted by Gasteiger charge is 2.27. The lowest BCUT2D eigenvalue weighted by molar-refractivity contribution is 0.0941. The molecule has 19 heavy (non-hydrogen) atoms. The summed E-state index contributed by atoms with van der Waals surface area (Å²) in [5.74, 6) is -0.121. The number of carbonyl (C=O) groups is 1. The van der Waals surface area contributed by atoms with Gasteiger partial charge in [-0.05, 0) is 34.8 Å². The fraction of sp³-hybridized carbons (Fsp3) is 0.333. The van der Waals surface area contributed by atoms with Gasteiger partial charge in [-0.1, -0.05) is 11.3 Å². The molecular weight excluding hydrogens is 330 g/mol. The Morgan fingerprint density at radius 1 is 1.58 bits per heavy atom. The van der Waals surface area contributed by atoms with Crippen molar-refractivity contribution >= 4 is 33.2 Å². The van der Waals surface area contributed by atoms with Crippen LogP contribution in [0.1, 0.15) is 35.1 Å². The lowest BCUT2D eigenvalue weighted by Crippen LogP contribution is -2.25. The van der Waals surface area contributed by atoms with Gasteiger partial charge in [-0.25, -0.2) is 0 Å². The van der Waals surface area contributed by atoms with E-state index >= 15 is 0 Å². The number of thiazole rings is 1. The van der Waals surface area contributed by atoms with E-state index in [0.717, 1.165) is 34.3 Å². The second-order valence-corrected chi connectivity index (χ2v) is 6.30. The molecule has 1 aliphatic carbocycles. The molecule has 0 aromatic carbocycles. The van der Waals surface area contributed by atoms with E-state index < -0.39 is 0 Å². The highest BCUT2D eigenvalue weighted by Crippen LogP contribution is 2.37. The lowest BCUT2D eigenvalue weighted by atomic mass is 10.3. The Kier molecular flexibility index (Phi) is 3.32. The van der Waals surface area contributed by atoms with Crippen molar-refractivity contribution in [2.24, 2.45) is 0 Å². The molecule has 100 valence electrons. The third-order valence-electron chi connectivity index (χ3n) is 3.00. The second-order valence-electron chi connectivity index (χ2n) is 4.54. The zero-order valence-electron chi connectivity index (χ0n) is 9.98. The molecule has 0 aliphatic heterocycles. The molecule has 5 nitrogen and oxygen atoms in total. The van der Waals surface area contributed by atoms with E-state index in [1.807, 2.05) is 16.8 Å². The van der Waals surface area contributed by atoms with Crippen molar-refractivity contribution in [2.75, 3.05) is 0 Å². The van der Waals surface area contributed by atoms with Crippen LogP contribution in [0.5, 0.6) is 0 Å². The number of halogens is 1. The third kappa shape index (κ3) is 2.82.